The van der Waals surface area contributed by atoms with Gasteiger partial charge >= 0.3 is 39.5 Å². The molecule has 0 rings (SSSR count). The van der Waals surface area contributed by atoms with Crippen LogP contribution in [0.3, 0.4) is 0 Å². The minimum Gasteiger partial charge on any atom is -0.462 e. The Bertz CT molecular complexity index is 1820. The van der Waals surface area contributed by atoms with Crippen molar-refractivity contribution in [2.75, 3.05) is 39.6 Å². The van der Waals surface area contributed by atoms with Gasteiger partial charge in [-0.1, -0.05) is 312 Å². The molecule has 0 aromatic heterocycles. The number of carbonyl (C=O) groups excluding carboxylic acids is 4. The van der Waals surface area contributed by atoms with Crippen LogP contribution < -0.4 is 0 Å². The summed E-state index contributed by atoms with van der Waals surface area (Å²) in [5, 5.41) is 10.6. The zero-order chi connectivity index (χ0) is 68.2. The Morgan fingerprint density at radius 3 is 0.772 bits per heavy atom. The van der Waals surface area contributed by atoms with Crippen molar-refractivity contribution >= 4 is 39.5 Å². The summed E-state index contributed by atoms with van der Waals surface area (Å²) in [5.74, 6) is 0.859. The van der Waals surface area contributed by atoms with Crippen molar-refractivity contribution in [2.24, 2.45) is 23.7 Å². The predicted octanol–water partition coefficient (Wildman–Crippen LogP) is 20.9. The van der Waals surface area contributed by atoms with Crippen LogP contribution in [0.1, 0.15) is 364 Å². The van der Waals surface area contributed by atoms with E-state index in [2.05, 4.69) is 55.4 Å². The van der Waals surface area contributed by atoms with Gasteiger partial charge in [0, 0.05) is 25.7 Å². The lowest BCUT2D eigenvalue weighted by Gasteiger charge is -2.21. The molecule has 17 nitrogen and oxygen atoms in total. The quantitative estimate of drug-likeness (QED) is 0.0222. The molecular formula is C73H142O17P2. The van der Waals surface area contributed by atoms with E-state index < -0.39 is 97.5 Å². The molecule has 0 spiro atoms. The first-order valence-electron chi connectivity index (χ1n) is 37.7. The minimum absolute atomic E-state index is 0.102. The fourth-order valence-electron chi connectivity index (χ4n) is 11.0. The highest BCUT2D eigenvalue weighted by Gasteiger charge is 2.30. The number of aliphatic hydroxyl groups excluding tert-OH is 1. The Balaban J connectivity index is 5.16. The fraction of sp³-hybridized carbons (Fsp3) is 0.945. The maximum absolute atomic E-state index is 13.0. The third-order valence-electron chi connectivity index (χ3n) is 17.2. The molecule has 0 aliphatic carbocycles. The van der Waals surface area contributed by atoms with Gasteiger partial charge in [-0.3, -0.25) is 37.3 Å². The Hall–Kier alpha value is -1.94. The van der Waals surface area contributed by atoms with Crippen molar-refractivity contribution in [1.82, 2.24) is 0 Å². The molecule has 92 heavy (non-hydrogen) atoms. The standard InChI is InChI=1S/C73H142O17P2/c1-9-66(8)52-44-36-27-21-18-19-23-29-39-47-55-72(77)89-68(59-84-71(76)54-46-38-30-24-26-34-42-50-64(4)5)61-87-91(79,80)85-57-67(74)58-86-92(81,82)88-62-69(90-73(78)56-48-40-32-31-35-43-51-65(6)7)60-83-70(75)53-45-37-28-22-17-15-13-11-10-12-14-16-20-25-33-41-49-63(2)3/h63-69,74H,9-62H2,1-8H3,(H,79,80)(H,81,82)/t66?,67?,68-,69-/m1/s1. The first kappa shape index (κ1) is 90.1. The summed E-state index contributed by atoms with van der Waals surface area (Å²) in [5.41, 5.74) is 0. The number of carbonyl (C=O) groups is 4. The second-order valence-corrected chi connectivity index (χ2v) is 30.9. The lowest BCUT2D eigenvalue weighted by Crippen LogP contribution is -2.30. The Kier molecular flexibility index (Phi) is 61.3. The zero-order valence-electron chi connectivity index (χ0n) is 60.2. The maximum Gasteiger partial charge on any atom is 0.472 e. The van der Waals surface area contributed by atoms with Gasteiger partial charge in [-0.2, -0.15) is 0 Å². The van der Waals surface area contributed by atoms with Gasteiger partial charge < -0.3 is 33.8 Å². The molecule has 0 amide bonds. The maximum atomic E-state index is 13.0. The predicted molar refractivity (Wildman–Crippen MR) is 372 cm³/mol. The van der Waals surface area contributed by atoms with E-state index in [0.717, 1.165) is 108 Å². The summed E-state index contributed by atoms with van der Waals surface area (Å²) in [6, 6.07) is 0. The molecule has 0 aromatic rings. The molecular weight excluding hydrogens is 1210 g/mol. The van der Waals surface area contributed by atoms with E-state index in [1.165, 1.54) is 161 Å². The lowest BCUT2D eigenvalue weighted by atomic mass is 9.99. The van der Waals surface area contributed by atoms with E-state index in [9.17, 15) is 43.2 Å². The van der Waals surface area contributed by atoms with Crippen LogP contribution in [0.15, 0.2) is 0 Å². The molecule has 0 fully saturated rings. The van der Waals surface area contributed by atoms with Crippen molar-refractivity contribution in [1.29, 1.82) is 0 Å². The topological polar surface area (TPSA) is 237 Å². The van der Waals surface area contributed by atoms with Gasteiger partial charge in [0.2, 0.25) is 0 Å². The highest BCUT2D eigenvalue weighted by molar-refractivity contribution is 7.47. The van der Waals surface area contributed by atoms with Crippen molar-refractivity contribution in [3.8, 4) is 0 Å². The van der Waals surface area contributed by atoms with Gasteiger partial charge in [-0.05, 0) is 49.4 Å². The second-order valence-electron chi connectivity index (χ2n) is 28.0. The van der Waals surface area contributed by atoms with Gasteiger partial charge in [-0.15, -0.1) is 0 Å². The number of phosphoric acid groups is 2. The molecule has 0 aliphatic heterocycles. The normalized spacial score (nSPS) is 14.5. The van der Waals surface area contributed by atoms with Gasteiger partial charge in [0.05, 0.1) is 26.4 Å². The van der Waals surface area contributed by atoms with Crippen molar-refractivity contribution in [3.63, 3.8) is 0 Å². The number of aliphatic hydroxyl groups is 1. The number of esters is 4. The molecule has 0 saturated carbocycles. The number of hydrogen-bond acceptors (Lipinski definition) is 15. The summed E-state index contributed by atoms with van der Waals surface area (Å²) < 4.78 is 68.3. The van der Waals surface area contributed by atoms with Crippen LogP contribution in [0.4, 0.5) is 0 Å². The number of rotatable bonds is 70. The van der Waals surface area contributed by atoms with Crippen molar-refractivity contribution in [2.45, 2.75) is 382 Å². The van der Waals surface area contributed by atoms with Crippen LogP contribution in [0.2, 0.25) is 0 Å². The zero-order valence-corrected chi connectivity index (χ0v) is 62.0. The highest BCUT2D eigenvalue weighted by atomic mass is 31.2. The molecule has 19 heteroatoms. The fourth-order valence-corrected chi connectivity index (χ4v) is 12.6. The lowest BCUT2D eigenvalue weighted by molar-refractivity contribution is -0.161. The molecule has 0 saturated heterocycles. The SMILES string of the molecule is CCC(C)CCCCCCCCCCCCC(=O)O[C@H](COC(=O)CCCCCCCCCC(C)C)COP(=O)(O)OCC(O)COP(=O)(O)OC[C@@H](COC(=O)CCCCCCCCCCCCCCCCCCC(C)C)OC(=O)CCCCCCCCC(C)C. The molecule has 4 unspecified atom stereocenters. The summed E-state index contributed by atoms with van der Waals surface area (Å²) in [6.07, 6.45) is 46.1. The first-order valence-corrected chi connectivity index (χ1v) is 40.7. The van der Waals surface area contributed by atoms with E-state index in [4.69, 9.17) is 37.0 Å². The number of phosphoric ester groups is 2. The van der Waals surface area contributed by atoms with Gasteiger partial charge in [-0.25, -0.2) is 9.13 Å². The number of unbranched alkanes of at least 4 members (excludes halogenated alkanes) is 35. The van der Waals surface area contributed by atoms with Crippen LogP contribution in [0, 0.1) is 23.7 Å². The van der Waals surface area contributed by atoms with Crippen LogP contribution in [0.5, 0.6) is 0 Å². The van der Waals surface area contributed by atoms with Gasteiger partial charge in [0.1, 0.15) is 19.3 Å². The van der Waals surface area contributed by atoms with E-state index >= 15 is 0 Å². The average Bonchev–Trinajstić information content (AvgIpc) is 2.68. The molecule has 0 radical (unpaired) electrons. The molecule has 0 aliphatic rings. The molecule has 0 aromatic carbocycles. The average molecular weight is 1350 g/mol. The molecule has 546 valence electrons. The Morgan fingerprint density at radius 2 is 0.522 bits per heavy atom. The molecule has 0 heterocycles. The van der Waals surface area contributed by atoms with Crippen LogP contribution >= 0.6 is 15.6 Å². The van der Waals surface area contributed by atoms with Crippen molar-refractivity contribution < 1.29 is 80.2 Å². The smallest absolute Gasteiger partial charge is 0.462 e. The highest BCUT2D eigenvalue weighted by Crippen LogP contribution is 2.45. The van der Waals surface area contributed by atoms with Crippen LogP contribution in [0.25, 0.3) is 0 Å². The third kappa shape index (κ3) is 65.4. The van der Waals surface area contributed by atoms with E-state index in [-0.39, 0.29) is 25.7 Å². The summed E-state index contributed by atoms with van der Waals surface area (Å²) >= 11 is 0. The second kappa shape index (κ2) is 62.6. The van der Waals surface area contributed by atoms with Crippen LogP contribution in [-0.4, -0.2) is 96.7 Å². The Morgan fingerprint density at radius 1 is 0.304 bits per heavy atom. The third-order valence-corrected chi connectivity index (χ3v) is 19.1. The largest absolute Gasteiger partial charge is 0.472 e. The van der Waals surface area contributed by atoms with E-state index in [0.29, 0.717) is 37.5 Å². The van der Waals surface area contributed by atoms with Crippen molar-refractivity contribution in [3.05, 3.63) is 0 Å². The van der Waals surface area contributed by atoms with E-state index in [1.807, 2.05) is 0 Å². The number of hydrogen-bond donors (Lipinski definition) is 3. The number of ether oxygens (including phenoxy) is 4. The minimum atomic E-state index is -4.95. The summed E-state index contributed by atoms with van der Waals surface area (Å²) in [6.45, 7) is 14.1. The van der Waals surface area contributed by atoms with Gasteiger partial charge in [0.25, 0.3) is 0 Å². The van der Waals surface area contributed by atoms with Crippen LogP contribution in [-0.2, 0) is 65.4 Å². The Labute approximate surface area is 562 Å². The molecule has 6 atom stereocenters. The van der Waals surface area contributed by atoms with E-state index in [1.54, 1.807) is 0 Å². The monoisotopic (exact) mass is 1350 g/mol. The summed E-state index contributed by atoms with van der Waals surface area (Å²) in [4.78, 5) is 72.6. The molecule has 3 N–H and O–H groups in total. The molecule has 0 bridgehead atoms. The summed E-state index contributed by atoms with van der Waals surface area (Å²) in [7, 11) is -9.90. The first-order chi connectivity index (χ1) is 44.1. The van der Waals surface area contributed by atoms with Gasteiger partial charge in [0.15, 0.2) is 12.2 Å².